The Balaban J connectivity index is 1.45. The second-order valence-corrected chi connectivity index (χ2v) is 6.96. The van der Waals surface area contributed by atoms with E-state index in [2.05, 4.69) is 77.5 Å². The molecule has 2 aromatic carbocycles. The number of nitrogens with one attached hydrogen (secondary N) is 1. The standard InChI is InChI=1S/C23H26N2/c1-2-22(18-8-4-3-5-9-18)19-12-14-25(15-13-19)17-21-16-20-10-6-7-11-23(20)24-21/h3-11,16,24H,2,12-15,17H2,1H3. The van der Waals surface area contributed by atoms with Crippen LogP contribution in [-0.2, 0) is 6.54 Å². The van der Waals surface area contributed by atoms with Gasteiger partial charge in [0.2, 0.25) is 0 Å². The van der Waals surface area contributed by atoms with E-state index in [1.165, 1.54) is 35.0 Å². The number of hydrogen-bond donors (Lipinski definition) is 1. The predicted octanol–water partition coefficient (Wildman–Crippen LogP) is 5.63. The van der Waals surface area contributed by atoms with Gasteiger partial charge in [0.25, 0.3) is 0 Å². The van der Waals surface area contributed by atoms with Crippen LogP contribution in [0, 0.1) is 0 Å². The number of piperidine rings is 1. The number of aromatic nitrogens is 1. The average Bonchev–Trinajstić information content (AvgIpc) is 3.07. The first-order valence-corrected chi connectivity index (χ1v) is 9.39. The van der Waals surface area contributed by atoms with E-state index in [0.29, 0.717) is 0 Å². The van der Waals surface area contributed by atoms with E-state index in [1.54, 1.807) is 11.1 Å². The third kappa shape index (κ3) is 3.54. The van der Waals surface area contributed by atoms with Gasteiger partial charge in [-0.2, -0.15) is 0 Å². The molecule has 1 aromatic heterocycles. The predicted molar refractivity (Wildman–Crippen MR) is 106 cm³/mol. The molecule has 0 aliphatic carbocycles. The van der Waals surface area contributed by atoms with Crippen molar-refractivity contribution in [1.82, 2.24) is 9.88 Å². The second kappa shape index (κ2) is 7.28. The normalized spacial score (nSPS) is 15.6. The highest BCUT2D eigenvalue weighted by Crippen LogP contribution is 2.29. The molecule has 0 amide bonds. The monoisotopic (exact) mass is 330 g/mol. The molecule has 1 aliphatic rings. The summed E-state index contributed by atoms with van der Waals surface area (Å²) in [4.78, 5) is 6.14. The highest BCUT2D eigenvalue weighted by molar-refractivity contribution is 5.80. The number of aromatic amines is 1. The number of allylic oxidation sites excluding steroid dienone is 1. The van der Waals surface area contributed by atoms with Gasteiger partial charge in [0.15, 0.2) is 0 Å². The van der Waals surface area contributed by atoms with Crippen LogP contribution >= 0.6 is 0 Å². The van der Waals surface area contributed by atoms with Crippen molar-refractivity contribution in [3.8, 4) is 0 Å². The number of para-hydroxylation sites is 1. The van der Waals surface area contributed by atoms with Crippen molar-refractivity contribution in [2.75, 3.05) is 13.1 Å². The van der Waals surface area contributed by atoms with Gasteiger partial charge in [-0.05, 0) is 47.9 Å². The smallest absolute Gasteiger partial charge is 0.0456 e. The zero-order valence-electron chi connectivity index (χ0n) is 15.0. The fourth-order valence-electron chi connectivity index (χ4n) is 4.04. The Morgan fingerprint density at radius 1 is 0.960 bits per heavy atom. The van der Waals surface area contributed by atoms with Crippen molar-refractivity contribution in [1.29, 1.82) is 0 Å². The van der Waals surface area contributed by atoms with Crippen LogP contribution in [0.3, 0.4) is 0 Å². The molecule has 1 fully saturated rings. The topological polar surface area (TPSA) is 19.0 Å². The zero-order valence-corrected chi connectivity index (χ0v) is 15.0. The first-order valence-electron chi connectivity index (χ1n) is 9.39. The lowest BCUT2D eigenvalue weighted by Crippen LogP contribution is -2.30. The number of nitrogens with zero attached hydrogens (tertiary/aromatic N) is 1. The van der Waals surface area contributed by atoms with Crippen LogP contribution < -0.4 is 0 Å². The molecule has 1 aliphatic heterocycles. The van der Waals surface area contributed by atoms with Crippen molar-refractivity contribution in [2.24, 2.45) is 0 Å². The molecule has 2 nitrogen and oxygen atoms in total. The van der Waals surface area contributed by atoms with E-state index >= 15 is 0 Å². The lowest BCUT2D eigenvalue weighted by Gasteiger charge is -2.29. The van der Waals surface area contributed by atoms with Crippen LogP contribution in [0.25, 0.3) is 16.5 Å². The number of hydrogen-bond acceptors (Lipinski definition) is 1. The largest absolute Gasteiger partial charge is 0.357 e. The summed E-state index contributed by atoms with van der Waals surface area (Å²) in [5, 5.41) is 1.31. The average molecular weight is 330 g/mol. The van der Waals surface area contributed by atoms with Gasteiger partial charge in [-0.15, -0.1) is 0 Å². The number of rotatable bonds is 4. The minimum absolute atomic E-state index is 1.02. The number of H-pyrrole nitrogens is 1. The van der Waals surface area contributed by atoms with Crippen molar-refractivity contribution in [3.63, 3.8) is 0 Å². The van der Waals surface area contributed by atoms with Crippen LogP contribution in [0.5, 0.6) is 0 Å². The maximum absolute atomic E-state index is 3.56. The maximum atomic E-state index is 3.56. The fourth-order valence-corrected chi connectivity index (χ4v) is 4.04. The summed E-state index contributed by atoms with van der Waals surface area (Å²) >= 11 is 0. The van der Waals surface area contributed by atoms with Gasteiger partial charge in [0.05, 0.1) is 0 Å². The molecule has 1 saturated heterocycles. The molecule has 0 bridgehead atoms. The summed E-state index contributed by atoms with van der Waals surface area (Å²) < 4.78 is 0. The minimum Gasteiger partial charge on any atom is -0.357 e. The van der Waals surface area contributed by atoms with E-state index in [1.807, 2.05) is 0 Å². The van der Waals surface area contributed by atoms with E-state index in [9.17, 15) is 0 Å². The quantitative estimate of drug-likeness (QED) is 0.657. The Bertz CT molecular complexity index is 830. The molecule has 1 N–H and O–H groups in total. The number of likely N-dealkylation sites (tertiary alicyclic amines) is 1. The van der Waals surface area contributed by atoms with Gasteiger partial charge in [-0.1, -0.05) is 61.0 Å². The first-order chi connectivity index (χ1) is 12.3. The Labute approximate surface area is 150 Å². The van der Waals surface area contributed by atoms with Gasteiger partial charge in [-0.25, -0.2) is 0 Å². The number of benzene rings is 2. The lowest BCUT2D eigenvalue weighted by atomic mass is 9.91. The molecular formula is C23H26N2. The summed E-state index contributed by atoms with van der Waals surface area (Å²) in [7, 11) is 0. The summed E-state index contributed by atoms with van der Waals surface area (Å²) in [6.45, 7) is 5.61. The van der Waals surface area contributed by atoms with E-state index < -0.39 is 0 Å². The van der Waals surface area contributed by atoms with E-state index in [-0.39, 0.29) is 0 Å². The molecule has 3 aromatic rings. The molecule has 0 saturated carbocycles. The van der Waals surface area contributed by atoms with Crippen LogP contribution in [-0.4, -0.2) is 23.0 Å². The first kappa shape index (κ1) is 16.2. The van der Waals surface area contributed by atoms with E-state index in [4.69, 9.17) is 0 Å². The minimum atomic E-state index is 1.02. The Morgan fingerprint density at radius 2 is 1.68 bits per heavy atom. The van der Waals surface area contributed by atoms with Gasteiger partial charge in [0.1, 0.15) is 0 Å². The van der Waals surface area contributed by atoms with Crippen LogP contribution in [0.1, 0.15) is 37.4 Å². The molecule has 25 heavy (non-hydrogen) atoms. The molecule has 2 heterocycles. The molecule has 0 radical (unpaired) electrons. The Hall–Kier alpha value is -2.32. The molecule has 128 valence electrons. The molecule has 0 spiro atoms. The molecule has 4 rings (SSSR count). The highest BCUT2D eigenvalue weighted by atomic mass is 15.1. The van der Waals surface area contributed by atoms with Gasteiger partial charge < -0.3 is 4.98 Å². The van der Waals surface area contributed by atoms with Crippen molar-refractivity contribution >= 4 is 16.5 Å². The molecular weight excluding hydrogens is 304 g/mol. The third-order valence-electron chi connectivity index (χ3n) is 5.34. The van der Waals surface area contributed by atoms with Crippen LogP contribution in [0.4, 0.5) is 0 Å². The lowest BCUT2D eigenvalue weighted by molar-refractivity contribution is 0.246. The van der Waals surface area contributed by atoms with Gasteiger partial charge in [0, 0.05) is 30.8 Å². The van der Waals surface area contributed by atoms with Gasteiger partial charge >= 0.3 is 0 Å². The van der Waals surface area contributed by atoms with Crippen molar-refractivity contribution < 1.29 is 0 Å². The van der Waals surface area contributed by atoms with Gasteiger partial charge in [-0.3, -0.25) is 4.90 Å². The van der Waals surface area contributed by atoms with E-state index in [0.717, 1.165) is 26.1 Å². The third-order valence-corrected chi connectivity index (χ3v) is 5.34. The highest BCUT2D eigenvalue weighted by Gasteiger charge is 2.18. The molecule has 0 unspecified atom stereocenters. The summed E-state index contributed by atoms with van der Waals surface area (Å²) in [6, 6.07) is 21.7. The second-order valence-electron chi connectivity index (χ2n) is 6.96. The summed E-state index contributed by atoms with van der Waals surface area (Å²) in [6.07, 6.45) is 3.51. The van der Waals surface area contributed by atoms with Crippen LogP contribution in [0.2, 0.25) is 0 Å². The van der Waals surface area contributed by atoms with Crippen LogP contribution in [0.15, 0.2) is 66.2 Å². The maximum Gasteiger partial charge on any atom is 0.0456 e. The SMILES string of the molecule is CCC(=C1CCN(Cc2cc3ccccc3[nH]2)CC1)c1ccccc1. The number of fused-ring (bicyclic) bond motifs is 1. The fraction of sp³-hybridized carbons (Fsp3) is 0.304. The summed E-state index contributed by atoms with van der Waals surface area (Å²) in [5.41, 5.74) is 7.19. The zero-order chi connectivity index (χ0) is 17.1. The summed E-state index contributed by atoms with van der Waals surface area (Å²) in [5.74, 6) is 0. The Kier molecular flexibility index (Phi) is 4.71. The van der Waals surface area contributed by atoms with Crippen molar-refractivity contribution in [3.05, 3.63) is 77.5 Å². The molecule has 0 atom stereocenters. The molecule has 2 heteroatoms. The van der Waals surface area contributed by atoms with Crippen molar-refractivity contribution in [2.45, 2.75) is 32.7 Å². The Morgan fingerprint density at radius 3 is 2.40 bits per heavy atom.